The van der Waals surface area contributed by atoms with Gasteiger partial charge in [-0.05, 0) is 70.8 Å². The molecule has 0 aliphatic carbocycles. The molecule has 0 fully saturated rings. The van der Waals surface area contributed by atoms with E-state index in [1.807, 2.05) is 123 Å². The molecule has 6 aromatic rings. The summed E-state index contributed by atoms with van der Waals surface area (Å²) in [6.07, 6.45) is 3.32. The third-order valence-electron chi connectivity index (χ3n) is 6.61. The zero-order valence-corrected chi connectivity index (χ0v) is 23.7. The molecule has 0 aliphatic rings. The first-order chi connectivity index (χ1) is 19.5. The molecule has 6 aromatic carbocycles. The predicted molar refractivity (Wildman–Crippen MR) is 164 cm³/mol. The fraction of sp³-hybridized carbons (Fsp3) is 0.0556. The zero-order chi connectivity index (χ0) is 27.9. The molecule has 0 saturated heterocycles. The fourth-order valence-electron chi connectivity index (χ4n) is 4.36. The van der Waals surface area contributed by atoms with Crippen LogP contribution in [0.1, 0.15) is 22.3 Å². The Morgan fingerprint density at radius 1 is 0.463 bits per heavy atom. The molecule has 0 heterocycles. The monoisotopic (exact) mass is 583 g/mol. The van der Waals surface area contributed by atoms with Gasteiger partial charge in [0.1, 0.15) is 0 Å². The molecule has 1 radical (unpaired) electrons. The van der Waals surface area contributed by atoms with E-state index in [2.05, 4.69) is 9.98 Å². The standard InChI is InChI=1S/2C18H15NO.Cu/c2*1-13-6-9-15(10-7-13)19-12-17-16-5-3-2-4-14(16)8-11-18(17)20;/h2*2-12,20H,1H3;/q;;+2/p-2. The SMILES string of the molecule is Cc1ccc(N=Cc2c([O-])ccc3ccccc23)cc1.Cc1ccc(N=Cc2c([O-])ccc3ccccc23)cc1.[Cu+2]. The van der Waals surface area contributed by atoms with Crippen molar-refractivity contribution in [1.29, 1.82) is 0 Å². The first-order valence-electron chi connectivity index (χ1n) is 13.1. The van der Waals surface area contributed by atoms with Crippen molar-refractivity contribution in [3.8, 4) is 11.5 Å². The van der Waals surface area contributed by atoms with Crippen LogP contribution in [-0.2, 0) is 17.1 Å². The molecule has 205 valence electrons. The minimum absolute atomic E-state index is 0. The van der Waals surface area contributed by atoms with Gasteiger partial charge in [0, 0.05) is 12.4 Å². The Hall–Kier alpha value is -4.70. The molecule has 4 nitrogen and oxygen atoms in total. The van der Waals surface area contributed by atoms with Crippen LogP contribution in [0.15, 0.2) is 131 Å². The van der Waals surface area contributed by atoms with Crippen LogP contribution in [0, 0.1) is 13.8 Å². The van der Waals surface area contributed by atoms with Crippen molar-refractivity contribution in [3.63, 3.8) is 0 Å². The molecule has 0 aliphatic heterocycles. The van der Waals surface area contributed by atoms with E-state index < -0.39 is 0 Å². The fourth-order valence-corrected chi connectivity index (χ4v) is 4.36. The Labute approximate surface area is 250 Å². The van der Waals surface area contributed by atoms with Gasteiger partial charge in [0.25, 0.3) is 0 Å². The van der Waals surface area contributed by atoms with Gasteiger partial charge < -0.3 is 10.2 Å². The van der Waals surface area contributed by atoms with Crippen molar-refractivity contribution in [2.24, 2.45) is 9.98 Å². The maximum absolute atomic E-state index is 12.0. The molecule has 0 spiro atoms. The van der Waals surface area contributed by atoms with E-state index in [1.165, 1.54) is 11.1 Å². The maximum atomic E-state index is 12.0. The van der Waals surface area contributed by atoms with E-state index >= 15 is 0 Å². The second kappa shape index (κ2) is 13.6. The van der Waals surface area contributed by atoms with Crippen molar-refractivity contribution in [1.82, 2.24) is 0 Å². The van der Waals surface area contributed by atoms with Crippen LogP contribution in [0.25, 0.3) is 21.5 Å². The number of rotatable bonds is 4. The Balaban J connectivity index is 0.000000184. The Kier molecular flexibility index (Phi) is 9.70. The summed E-state index contributed by atoms with van der Waals surface area (Å²) in [5.41, 5.74) is 5.37. The second-order valence-electron chi connectivity index (χ2n) is 9.58. The Bertz CT molecular complexity index is 1690. The quantitative estimate of drug-likeness (QED) is 0.156. The van der Waals surface area contributed by atoms with E-state index in [4.69, 9.17) is 0 Å². The van der Waals surface area contributed by atoms with Crippen molar-refractivity contribution >= 4 is 45.3 Å². The molecule has 0 amide bonds. The molecule has 0 saturated carbocycles. The number of benzene rings is 6. The molecular weight excluding hydrogens is 556 g/mol. The van der Waals surface area contributed by atoms with Crippen molar-refractivity contribution in [3.05, 3.63) is 144 Å². The van der Waals surface area contributed by atoms with Crippen LogP contribution < -0.4 is 10.2 Å². The summed E-state index contributed by atoms with van der Waals surface area (Å²) < 4.78 is 0. The molecule has 6 rings (SSSR count). The average Bonchev–Trinajstić information content (AvgIpc) is 2.98. The van der Waals surface area contributed by atoms with E-state index in [-0.39, 0.29) is 28.6 Å². The van der Waals surface area contributed by atoms with Gasteiger partial charge in [-0.15, -0.1) is 0 Å². The summed E-state index contributed by atoms with van der Waals surface area (Å²) in [5.74, 6) is -0.000812. The third kappa shape index (κ3) is 7.29. The van der Waals surface area contributed by atoms with Gasteiger partial charge in [-0.25, -0.2) is 0 Å². The molecular formula is C36H28CuN2O2. The normalized spacial score (nSPS) is 11.0. The van der Waals surface area contributed by atoms with Crippen LogP contribution in [0.4, 0.5) is 11.4 Å². The van der Waals surface area contributed by atoms with Crippen molar-refractivity contribution in [2.75, 3.05) is 0 Å². The van der Waals surface area contributed by atoms with Gasteiger partial charge in [-0.1, -0.05) is 120 Å². The number of hydrogen-bond donors (Lipinski definition) is 0. The summed E-state index contributed by atoms with van der Waals surface area (Å²) in [6.45, 7) is 4.07. The van der Waals surface area contributed by atoms with E-state index in [9.17, 15) is 10.2 Å². The van der Waals surface area contributed by atoms with Gasteiger partial charge in [0.05, 0.1) is 11.4 Å². The second-order valence-corrected chi connectivity index (χ2v) is 9.58. The minimum atomic E-state index is -0.000406. The molecule has 0 bridgehead atoms. The Morgan fingerprint density at radius 2 is 0.829 bits per heavy atom. The molecule has 0 atom stereocenters. The van der Waals surface area contributed by atoms with Gasteiger partial charge in [0.15, 0.2) is 0 Å². The topological polar surface area (TPSA) is 70.8 Å². The van der Waals surface area contributed by atoms with Gasteiger partial charge >= 0.3 is 17.1 Å². The van der Waals surface area contributed by atoms with Gasteiger partial charge in [-0.2, -0.15) is 0 Å². The average molecular weight is 584 g/mol. The summed E-state index contributed by atoms with van der Waals surface area (Å²) in [4.78, 5) is 8.81. The van der Waals surface area contributed by atoms with Crippen molar-refractivity contribution < 1.29 is 27.3 Å². The number of hydrogen-bond acceptors (Lipinski definition) is 4. The molecule has 5 heteroatoms. The van der Waals surface area contributed by atoms with Crippen LogP contribution in [0.2, 0.25) is 0 Å². The van der Waals surface area contributed by atoms with E-state index in [0.717, 1.165) is 32.9 Å². The summed E-state index contributed by atoms with van der Waals surface area (Å²) in [7, 11) is 0. The molecule has 0 aromatic heterocycles. The van der Waals surface area contributed by atoms with Crippen LogP contribution >= 0.6 is 0 Å². The smallest absolute Gasteiger partial charge is 0.872 e. The molecule has 0 unspecified atom stereocenters. The maximum Gasteiger partial charge on any atom is 2.00 e. The minimum Gasteiger partial charge on any atom is -0.872 e. The van der Waals surface area contributed by atoms with Crippen molar-refractivity contribution in [2.45, 2.75) is 13.8 Å². The van der Waals surface area contributed by atoms with Gasteiger partial charge in [0.2, 0.25) is 0 Å². The van der Waals surface area contributed by atoms with Crippen LogP contribution in [0.5, 0.6) is 11.5 Å². The first kappa shape index (κ1) is 29.3. The van der Waals surface area contributed by atoms with Crippen LogP contribution in [0.3, 0.4) is 0 Å². The summed E-state index contributed by atoms with van der Waals surface area (Å²) in [5, 5.41) is 28.0. The number of fused-ring (bicyclic) bond motifs is 2. The number of aryl methyl sites for hydroxylation is 2. The van der Waals surface area contributed by atoms with Gasteiger partial charge in [-0.3, -0.25) is 9.98 Å². The summed E-state index contributed by atoms with van der Waals surface area (Å²) in [6, 6.07) is 38.4. The molecule has 41 heavy (non-hydrogen) atoms. The van der Waals surface area contributed by atoms with Crippen LogP contribution in [-0.4, -0.2) is 12.4 Å². The predicted octanol–water partition coefficient (Wildman–Crippen LogP) is 7.94. The Morgan fingerprint density at radius 3 is 1.22 bits per heavy atom. The number of aliphatic imine (C=N–C) groups is 2. The van der Waals surface area contributed by atoms with E-state index in [1.54, 1.807) is 24.6 Å². The zero-order valence-electron chi connectivity index (χ0n) is 22.7. The molecule has 0 N–H and O–H groups in total. The number of nitrogens with zero attached hydrogens (tertiary/aromatic N) is 2. The summed E-state index contributed by atoms with van der Waals surface area (Å²) >= 11 is 0. The third-order valence-corrected chi connectivity index (χ3v) is 6.61. The largest absolute Gasteiger partial charge is 2.00 e. The van der Waals surface area contributed by atoms with E-state index in [0.29, 0.717) is 11.1 Å². The first-order valence-corrected chi connectivity index (χ1v) is 13.1.